The number of imidazole rings is 1. The standard InChI is InChI=1S/C30H44N6O2/c1-4-24(37)8-6-5-7-9-26(35-29(38)23-17-30(18-23)12-14-36(3)15-13-30)28-33-20-27(34-28)21-10-11-25(31)22(16-21)19-32-2/h10-11,16,19-20,23,26H,4-9,12-15,17-18,31H2,1-3H3,(H,33,34)(H,35,38)/t26-/m0/s1. The van der Waals surface area contributed by atoms with Crippen molar-refractivity contribution < 1.29 is 9.59 Å². The van der Waals surface area contributed by atoms with Crippen LogP contribution in [0.3, 0.4) is 0 Å². The molecule has 1 spiro atoms. The fourth-order valence-electron chi connectivity index (χ4n) is 5.92. The van der Waals surface area contributed by atoms with Crippen molar-refractivity contribution in [3.8, 4) is 11.3 Å². The van der Waals surface area contributed by atoms with E-state index in [1.54, 1.807) is 13.3 Å². The van der Waals surface area contributed by atoms with Crippen LogP contribution in [-0.2, 0) is 9.59 Å². The molecule has 206 valence electrons. The van der Waals surface area contributed by atoms with Crippen molar-refractivity contribution in [1.29, 1.82) is 0 Å². The number of H-pyrrole nitrogens is 1. The molecule has 1 atom stereocenters. The molecule has 38 heavy (non-hydrogen) atoms. The van der Waals surface area contributed by atoms with E-state index in [-0.39, 0.29) is 17.9 Å². The summed E-state index contributed by atoms with van der Waals surface area (Å²) in [6.45, 7) is 4.17. The Morgan fingerprint density at radius 1 is 1.26 bits per heavy atom. The van der Waals surface area contributed by atoms with Crippen molar-refractivity contribution in [3.63, 3.8) is 0 Å². The minimum atomic E-state index is -0.183. The second-order valence-electron chi connectivity index (χ2n) is 11.4. The van der Waals surface area contributed by atoms with Gasteiger partial charge in [-0.25, -0.2) is 4.98 Å². The van der Waals surface area contributed by atoms with Gasteiger partial charge >= 0.3 is 0 Å². The summed E-state index contributed by atoms with van der Waals surface area (Å²) < 4.78 is 0. The summed E-state index contributed by atoms with van der Waals surface area (Å²) in [4.78, 5) is 39.6. The first-order valence-electron chi connectivity index (χ1n) is 14.2. The number of aliphatic imine (C=N–C) groups is 1. The van der Waals surface area contributed by atoms with Gasteiger partial charge < -0.3 is 20.9 Å². The van der Waals surface area contributed by atoms with E-state index in [0.29, 0.717) is 29.7 Å². The summed E-state index contributed by atoms with van der Waals surface area (Å²) in [6.07, 6.45) is 12.8. The molecule has 2 aliphatic rings. The lowest BCUT2D eigenvalue weighted by Crippen LogP contribution is -2.50. The number of Topliss-reactive ketones (excluding diaryl/α,β-unsaturated/α-hetero) is 1. The van der Waals surface area contributed by atoms with Gasteiger partial charge in [0, 0.05) is 48.8 Å². The third kappa shape index (κ3) is 6.90. The van der Waals surface area contributed by atoms with Crippen LogP contribution in [0.25, 0.3) is 11.3 Å². The number of amides is 1. The first-order valence-corrected chi connectivity index (χ1v) is 14.2. The van der Waals surface area contributed by atoms with Crippen LogP contribution in [0, 0.1) is 11.3 Å². The van der Waals surface area contributed by atoms with Crippen LogP contribution in [0.5, 0.6) is 0 Å². The molecule has 1 aliphatic carbocycles. The van der Waals surface area contributed by atoms with Crippen LogP contribution in [0.1, 0.15) is 88.6 Å². The Morgan fingerprint density at radius 3 is 2.74 bits per heavy atom. The number of nitrogens with one attached hydrogen (secondary N) is 2. The van der Waals surface area contributed by atoms with Gasteiger partial charge in [0.05, 0.1) is 17.9 Å². The van der Waals surface area contributed by atoms with Crippen molar-refractivity contribution >= 4 is 23.6 Å². The summed E-state index contributed by atoms with van der Waals surface area (Å²) in [7, 11) is 3.90. The fourth-order valence-corrected chi connectivity index (χ4v) is 5.92. The van der Waals surface area contributed by atoms with Crippen LogP contribution in [0.15, 0.2) is 29.4 Å². The van der Waals surface area contributed by atoms with Crippen LogP contribution in [0.2, 0.25) is 0 Å². The number of aromatic amines is 1. The number of nitrogens with two attached hydrogens (primary N) is 1. The van der Waals surface area contributed by atoms with Crippen molar-refractivity contribution in [3.05, 3.63) is 35.8 Å². The zero-order valence-electron chi connectivity index (χ0n) is 23.3. The van der Waals surface area contributed by atoms with Gasteiger partial charge in [0.15, 0.2) is 0 Å². The average Bonchev–Trinajstić information content (AvgIpc) is 3.38. The van der Waals surface area contributed by atoms with E-state index in [2.05, 4.69) is 32.2 Å². The molecule has 4 N–H and O–H groups in total. The smallest absolute Gasteiger partial charge is 0.223 e. The van der Waals surface area contributed by atoms with Crippen molar-refractivity contribution in [2.24, 2.45) is 16.3 Å². The van der Waals surface area contributed by atoms with Gasteiger partial charge in [-0.3, -0.25) is 14.6 Å². The van der Waals surface area contributed by atoms with Gasteiger partial charge in [-0.2, -0.15) is 0 Å². The largest absolute Gasteiger partial charge is 0.398 e. The molecule has 2 heterocycles. The average molecular weight is 521 g/mol. The van der Waals surface area contributed by atoms with Crippen molar-refractivity contribution in [1.82, 2.24) is 20.2 Å². The number of carbonyl (C=O) groups is 2. The number of rotatable bonds is 12. The summed E-state index contributed by atoms with van der Waals surface area (Å²) >= 11 is 0. The highest BCUT2D eigenvalue weighted by Gasteiger charge is 2.48. The Morgan fingerprint density at radius 2 is 2.03 bits per heavy atom. The number of aromatic nitrogens is 2. The molecule has 1 saturated carbocycles. The normalized spacial score (nSPS) is 18.5. The number of hydrogen-bond donors (Lipinski definition) is 3. The molecule has 1 aromatic heterocycles. The molecular formula is C30H44N6O2. The maximum absolute atomic E-state index is 13.3. The first-order chi connectivity index (χ1) is 18.3. The molecule has 4 rings (SSSR count). The number of piperidine rings is 1. The monoisotopic (exact) mass is 520 g/mol. The molecular weight excluding hydrogens is 476 g/mol. The molecule has 2 fully saturated rings. The first kappa shape index (κ1) is 28.0. The number of likely N-dealkylation sites (tertiary alicyclic amines) is 1. The lowest BCUT2D eigenvalue weighted by atomic mass is 9.57. The minimum Gasteiger partial charge on any atom is -0.398 e. The van der Waals surface area contributed by atoms with Crippen LogP contribution < -0.4 is 11.1 Å². The third-order valence-electron chi connectivity index (χ3n) is 8.53. The SMILES string of the molecule is CCC(=O)CCCCC[C@H](NC(=O)C1CC2(CCN(C)CC2)C1)c1ncc(-c2ccc(N)c(C=NC)c2)[nH]1. The lowest BCUT2D eigenvalue weighted by molar-refractivity contribution is -0.135. The molecule has 1 aromatic carbocycles. The molecule has 0 radical (unpaired) electrons. The second kappa shape index (κ2) is 12.7. The number of ketones is 1. The number of unbranched alkanes of at least 4 members (excludes halogenated alkanes) is 2. The minimum absolute atomic E-state index is 0.0884. The lowest BCUT2D eigenvalue weighted by Gasteiger charge is -2.51. The van der Waals surface area contributed by atoms with E-state index in [0.717, 1.165) is 74.3 Å². The zero-order valence-corrected chi connectivity index (χ0v) is 23.3. The number of anilines is 1. The Labute approximate surface area is 226 Å². The van der Waals surface area contributed by atoms with Crippen molar-refractivity contribution in [2.75, 3.05) is 32.9 Å². The van der Waals surface area contributed by atoms with E-state index in [1.807, 2.05) is 31.3 Å². The van der Waals surface area contributed by atoms with Crippen molar-refractivity contribution in [2.45, 2.75) is 77.2 Å². The highest BCUT2D eigenvalue weighted by atomic mass is 16.2. The molecule has 0 unspecified atom stereocenters. The van der Waals surface area contributed by atoms with Gasteiger partial charge in [-0.05, 0) is 76.2 Å². The fraction of sp³-hybridized carbons (Fsp3) is 0.600. The maximum atomic E-state index is 13.3. The molecule has 8 nitrogen and oxygen atoms in total. The topological polar surface area (TPSA) is 116 Å². The Bertz CT molecular complexity index is 1120. The van der Waals surface area contributed by atoms with Gasteiger partial charge in [-0.1, -0.05) is 25.8 Å². The quantitative estimate of drug-likeness (QED) is 0.209. The van der Waals surface area contributed by atoms with E-state index < -0.39 is 0 Å². The number of hydrogen-bond acceptors (Lipinski definition) is 6. The zero-order chi connectivity index (χ0) is 27.1. The van der Waals surface area contributed by atoms with Gasteiger partial charge in [0.25, 0.3) is 0 Å². The summed E-state index contributed by atoms with van der Waals surface area (Å²) in [6, 6.07) is 5.65. The number of benzene rings is 1. The third-order valence-corrected chi connectivity index (χ3v) is 8.53. The molecule has 1 saturated heterocycles. The van der Waals surface area contributed by atoms with Gasteiger partial charge in [-0.15, -0.1) is 0 Å². The van der Waals surface area contributed by atoms with E-state index >= 15 is 0 Å². The van der Waals surface area contributed by atoms with Gasteiger partial charge in [0.1, 0.15) is 11.6 Å². The Balaban J connectivity index is 1.42. The highest BCUT2D eigenvalue weighted by Crippen LogP contribution is 2.52. The number of carbonyl (C=O) groups excluding carboxylic acids is 2. The van der Waals surface area contributed by atoms with Gasteiger partial charge in [0.2, 0.25) is 5.91 Å². The van der Waals surface area contributed by atoms with E-state index in [1.165, 1.54) is 12.8 Å². The summed E-state index contributed by atoms with van der Waals surface area (Å²) in [5.74, 6) is 1.32. The Hall–Kier alpha value is -3.00. The van der Waals surface area contributed by atoms with E-state index in [4.69, 9.17) is 5.73 Å². The summed E-state index contributed by atoms with van der Waals surface area (Å²) in [5, 5.41) is 3.33. The second-order valence-corrected chi connectivity index (χ2v) is 11.4. The predicted octanol–water partition coefficient (Wildman–Crippen LogP) is 4.92. The molecule has 8 heteroatoms. The molecule has 1 aliphatic heterocycles. The highest BCUT2D eigenvalue weighted by molar-refractivity contribution is 5.89. The number of nitrogen functional groups attached to an aromatic ring is 1. The number of nitrogens with zero attached hydrogens (tertiary/aromatic N) is 3. The van der Waals surface area contributed by atoms with Crippen LogP contribution in [-0.4, -0.2) is 60.0 Å². The van der Waals surface area contributed by atoms with Crippen LogP contribution in [0.4, 0.5) is 5.69 Å². The summed E-state index contributed by atoms with van der Waals surface area (Å²) in [5.41, 5.74) is 9.84. The predicted molar refractivity (Wildman–Crippen MR) is 153 cm³/mol. The molecule has 0 bridgehead atoms. The van der Waals surface area contributed by atoms with Crippen LogP contribution >= 0.6 is 0 Å². The van der Waals surface area contributed by atoms with E-state index in [9.17, 15) is 9.59 Å². The Kier molecular flexibility index (Phi) is 9.36. The molecule has 2 aromatic rings. The maximum Gasteiger partial charge on any atom is 0.223 e. The molecule has 1 amide bonds.